The van der Waals surface area contributed by atoms with Gasteiger partial charge < -0.3 is 10.1 Å². The molecule has 2 aromatic rings. The van der Waals surface area contributed by atoms with Gasteiger partial charge in [-0.1, -0.05) is 11.6 Å². The Morgan fingerprint density at radius 1 is 1.56 bits per heavy atom. The maximum Gasteiger partial charge on any atom is 0.297 e. The number of hydrogen-bond acceptors (Lipinski definition) is 5. The third-order valence-electron chi connectivity index (χ3n) is 2.04. The Labute approximate surface area is 107 Å². The Hall–Kier alpha value is -2.15. The molecule has 2 N–H and O–H groups in total. The smallest absolute Gasteiger partial charge is 0.297 e. The van der Waals surface area contributed by atoms with E-state index in [9.17, 15) is 4.79 Å². The number of amides is 1. The number of tetrazole rings is 1. The molecule has 0 radical (unpaired) electrons. The van der Waals surface area contributed by atoms with E-state index in [-0.39, 0.29) is 5.82 Å². The van der Waals surface area contributed by atoms with Gasteiger partial charge in [0.25, 0.3) is 11.7 Å². The topological polar surface area (TPSA) is 92.8 Å². The Bertz CT molecular complexity index is 543. The number of hydrogen-bond donors (Lipinski definition) is 2. The van der Waals surface area contributed by atoms with Crippen LogP contribution in [0.5, 0.6) is 5.75 Å². The zero-order chi connectivity index (χ0) is 13.0. The molecule has 94 valence electrons. The largest absolute Gasteiger partial charge is 0.492 e. The molecule has 1 heterocycles. The SMILES string of the molecule is CCOc1ccc(Cl)cc1NC(=O)c1nn[nH]n1. The number of nitrogens with one attached hydrogen (secondary N) is 2. The van der Waals surface area contributed by atoms with Gasteiger partial charge in [0.2, 0.25) is 0 Å². The summed E-state index contributed by atoms with van der Waals surface area (Å²) in [5, 5.41) is 15.8. The number of ether oxygens (including phenoxy) is 1. The van der Waals surface area contributed by atoms with Crippen LogP contribution in [0.25, 0.3) is 0 Å². The van der Waals surface area contributed by atoms with Gasteiger partial charge in [0.1, 0.15) is 5.75 Å². The number of carbonyl (C=O) groups excluding carboxylic acids is 1. The minimum absolute atomic E-state index is 0.0579. The van der Waals surface area contributed by atoms with Crippen molar-refractivity contribution in [3.05, 3.63) is 29.0 Å². The molecule has 1 aromatic carbocycles. The summed E-state index contributed by atoms with van der Waals surface area (Å²) in [6.07, 6.45) is 0. The van der Waals surface area contributed by atoms with Crippen molar-refractivity contribution in [1.29, 1.82) is 0 Å². The highest BCUT2D eigenvalue weighted by atomic mass is 35.5. The Kier molecular flexibility index (Phi) is 3.73. The van der Waals surface area contributed by atoms with E-state index in [0.717, 1.165) is 0 Å². The molecule has 8 heteroatoms. The van der Waals surface area contributed by atoms with E-state index in [0.29, 0.717) is 23.1 Å². The monoisotopic (exact) mass is 267 g/mol. The molecule has 1 aromatic heterocycles. The number of H-pyrrole nitrogens is 1. The second kappa shape index (κ2) is 5.46. The molecule has 0 spiro atoms. The highest BCUT2D eigenvalue weighted by molar-refractivity contribution is 6.31. The number of aromatic amines is 1. The fourth-order valence-electron chi connectivity index (χ4n) is 1.32. The number of nitrogens with zero attached hydrogens (tertiary/aromatic N) is 3. The Morgan fingerprint density at radius 3 is 3.06 bits per heavy atom. The lowest BCUT2D eigenvalue weighted by molar-refractivity contribution is 0.101. The van der Waals surface area contributed by atoms with Crippen LogP contribution in [-0.2, 0) is 0 Å². The van der Waals surface area contributed by atoms with Gasteiger partial charge in [-0.05, 0) is 30.3 Å². The molecule has 0 saturated carbocycles. The quantitative estimate of drug-likeness (QED) is 0.876. The standard InChI is InChI=1S/C10H10ClN5O2/c1-2-18-8-4-3-6(11)5-7(8)12-10(17)9-13-15-16-14-9/h3-5H,2H2,1H3,(H,12,17)(H,13,14,15,16). The second-order valence-corrected chi connectivity index (χ2v) is 3.70. The maximum absolute atomic E-state index is 11.7. The van der Waals surface area contributed by atoms with Crippen LogP contribution in [0.3, 0.4) is 0 Å². The lowest BCUT2D eigenvalue weighted by Crippen LogP contribution is -2.14. The van der Waals surface area contributed by atoms with Gasteiger partial charge in [-0.3, -0.25) is 4.79 Å². The molecule has 7 nitrogen and oxygen atoms in total. The third kappa shape index (κ3) is 2.75. The normalized spacial score (nSPS) is 10.1. The fourth-order valence-corrected chi connectivity index (χ4v) is 1.49. The molecule has 0 unspecified atom stereocenters. The van der Waals surface area contributed by atoms with E-state index in [1.54, 1.807) is 18.2 Å². The lowest BCUT2D eigenvalue weighted by Gasteiger charge is -2.10. The van der Waals surface area contributed by atoms with Gasteiger partial charge in [0.15, 0.2) is 0 Å². The molecular weight excluding hydrogens is 258 g/mol. The third-order valence-corrected chi connectivity index (χ3v) is 2.27. The van der Waals surface area contributed by atoms with Crippen LogP contribution < -0.4 is 10.1 Å². The molecule has 0 atom stereocenters. The molecular formula is C10H10ClN5O2. The molecule has 0 bridgehead atoms. The first kappa shape index (κ1) is 12.3. The van der Waals surface area contributed by atoms with Gasteiger partial charge >= 0.3 is 0 Å². The first-order valence-electron chi connectivity index (χ1n) is 5.18. The van der Waals surface area contributed by atoms with Crippen molar-refractivity contribution < 1.29 is 9.53 Å². The Morgan fingerprint density at radius 2 is 2.39 bits per heavy atom. The summed E-state index contributed by atoms with van der Waals surface area (Å²) < 4.78 is 5.37. The summed E-state index contributed by atoms with van der Waals surface area (Å²) >= 11 is 5.87. The summed E-state index contributed by atoms with van der Waals surface area (Å²) in [6, 6.07) is 4.94. The van der Waals surface area contributed by atoms with Gasteiger partial charge in [-0.2, -0.15) is 5.21 Å². The van der Waals surface area contributed by atoms with Crippen molar-refractivity contribution >= 4 is 23.2 Å². The van der Waals surface area contributed by atoms with Crippen molar-refractivity contribution in [1.82, 2.24) is 20.6 Å². The van der Waals surface area contributed by atoms with Crippen molar-refractivity contribution in [2.45, 2.75) is 6.92 Å². The van der Waals surface area contributed by atoms with Crippen LogP contribution in [0.4, 0.5) is 5.69 Å². The van der Waals surface area contributed by atoms with E-state index in [4.69, 9.17) is 16.3 Å². The van der Waals surface area contributed by atoms with E-state index in [2.05, 4.69) is 25.9 Å². The Balaban J connectivity index is 2.22. The zero-order valence-corrected chi connectivity index (χ0v) is 10.2. The van der Waals surface area contributed by atoms with Gasteiger partial charge in [0, 0.05) is 5.02 Å². The maximum atomic E-state index is 11.7. The molecule has 0 aliphatic carbocycles. The number of carbonyl (C=O) groups is 1. The average molecular weight is 268 g/mol. The van der Waals surface area contributed by atoms with Crippen LogP contribution in [0.15, 0.2) is 18.2 Å². The second-order valence-electron chi connectivity index (χ2n) is 3.26. The summed E-state index contributed by atoms with van der Waals surface area (Å²) in [5.74, 6) is -0.0249. The van der Waals surface area contributed by atoms with Crippen LogP contribution in [0, 0.1) is 0 Å². The molecule has 0 saturated heterocycles. The van der Waals surface area contributed by atoms with Crippen molar-refractivity contribution in [2.75, 3.05) is 11.9 Å². The molecule has 1 amide bonds. The van der Waals surface area contributed by atoms with Crippen LogP contribution in [0.1, 0.15) is 17.5 Å². The van der Waals surface area contributed by atoms with Crippen LogP contribution >= 0.6 is 11.6 Å². The molecule has 0 aliphatic rings. The predicted molar refractivity (Wildman–Crippen MR) is 64.8 cm³/mol. The van der Waals surface area contributed by atoms with Crippen LogP contribution in [0.2, 0.25) is 5.02 Å². The van der Waals surface area contributed by atoms with Gasteiger partial charge in [-0.25, -0.2) is 0 Å². The number of benzene rings is 1. The van der Waals surface area contributed by atoms with Crippen molar-refractivity contribution in [2.24, 2.45) is 0 Å². The zero-order valence-electron chi connectivity index (χ0n) is 9.48. The lowest BCUT2D eigenvalue weighted by atomic mass is 10.3. The first-order valence-corrected chi connectivity index (χ1v) is 5.55. The highest BCUT2D eigenvalue weighted by Crippen LogP contribution is 2.28. The number of rotatable bonds is 4. The number of aromatic nitrogens is 4. The molecule has 2 rings (SSSR count). The number of halogens is 1. The minimum atomic E-state index is -0.494. The fraction of sp³-hybridized carbons (Fsp3) is 0.200. The van der Waals surface area contributed by atoms with E-state index in [1.807, 2.05) is 6.92 Å². The highest BCUT2D eigenvalue weighted by Gasteiger charge is 2.14. The van der Waals surface area contributed by atoms with Gasteiger partial charge in [-0.15, -0.1) is 10.2 Å². The molecule has 18 heavy (non-hydrogen) atoms. The number of anilines is 1. The predicted octanol–water partition coefficient (Wildman–Crippen LogP) is 1.50. The first-order chi connectivity index (χ1) is 8.70. The summed E-state index contributed by atoms with van der Waals surface area (Å²) in [7, 11) is 0. The van der Waals surface area contributed by atoms with Crippen molar-refractivity contribution in [3.8, 4) is 5.75 Å². The van der Waals surface area contributed by atoms with E-state index < -0.39 is 5.91 Å². The van der Waals surface area contributed by atoms with Crippen LogP contribution in [-0.4, -0.2) is 33.1 Å². The molecule has 0 aliphatic heterocycles. The minimum Gasteiger partial charge on any atom is -0.492 e. The van der Waals surface area contributed by atoms with Gasteiger partial charge in [0.05, 0.1) is 12.3 Å². The summed E-state index contributed by atoms with van der Waals surface area (Å²) in [6.45, 7) is 2.33. The summed E-state index contributed by atoms with van der Waals surface area (Å²) in [5.41, 5.74) is 0.458. The average Bonchev–Trinajstić information content (AvgIpc) is 2.86. The van der Waals surface area contributed by atoms with E-state index in [1.165, 1.54) is 0 Å². The van der Waals surface area contributed by atoms with E-state index >= 15 is 0 Å². The van der Waals surface area contributed by atoms with Crippen molar-refractivity contribution in [3.63, 3.8) is 0 Å². The summed E-state index contributed by atoms with van der Waals surface area (Å²) in [4.78, 5) is 11.7. The molecule has 0 fully saturated rings.